The zero-order valence-electron chi connectivity index (χ0n) is 14.0. The number of carbonyl (C=O) groups is 1. The summed E-state index contributed by atoms with van der Waals surface area (Å²) in [7, 11) is -4.45. The Hall–Kier alpha value is -2.95. The molecule has 2 rings (SSSR count). The maximum absolute atomic E-state index is 13.6. The van der Waals surface area contributed by atoms with Gasteiger partial charge in [0.25, 0.3) is 0 Å². The maximum Gasteiger partial charge on any atom is 0.308 e. The maximum atomic E-state index is 13.6. The summed E-state index contributed by atoms with van der Waals surface area (Å²) in [6.45, 7) is 1.10. The van der Waals surface area contributed by atoms with E-state index < -0.39 is 62.0 Å². The van der Waals surface area contributed by atoms with Crippen molar-refractivity contribution in [1.82, 2.24) is 0 Å². The van der Waals surface area contributed by atoms with Gasteiger partial charge in [-0.25, -0.2) is 30.4 Å². The molecule has 0 amide bonds. The molecule has 0 spiro atoms. The third-order valence-corrected chi connectivity index (χ3v) is 4.59. The van der Waals surface area contributed by atoms with Crippen molar-refractivity contribution in [2.75, 3.05) is 0 Å². The van der Waals surface area contributed by atoms with Crippen molar-refractivity contribution >= 4 is 21.9 Å². The van der Waals surface area contributed by atoms with Crippen LogP contribution in [0.4, 0.5) is 22.0 Å². The molecule has 0 unspecified atom stereocenters. The monoisotopic (exact) mass is 422 g/mol. The van der Waals surface area contributed by atoms with Crippen molar-refractivity contribution in [2.45, 2.75) is 12.7 Å². The molecule has 11 heteroatoms. The van der Waals surface area contributed by atoms with Gasteiger partial charge in [-0.2, -0.15) is 0 Å². The highest BCUT2D eigenvalue weighted by Gasteiger charge is 2.28. The van der Waals surface area contributed by atoms with Gasteiger partial charge in [0, 0.05) is 17.9 Å². The second-order valence-corrected chi connectivity index (χ2v) is 7.37. The van der Waals surface area contributed by atoms with Gasteiger partial charge in [0.05, 0.1) is 5.75 Å². The van der Waals surface area contributed by atoms with Crippen LogP contribution in [0.3, 0.4) is 0 Å². The molecule has 0 aliphatic rings. The number of phenolic OH excluding ortho intramolecular Hbond substituents is 1. The number of sulfone groups is 1. The van der Waals surface area contributed by atoms with Crippen molar-refractivity contribution in [3.05, 3.63) is 63.8 Å². The number of rotatable bonds is 5. The number of phenols is 1. The van der Waals surface area contributed by atoms with Crippen molar-refractivity contribution < 1.29 is 45.0 Å². The third-order valence-electron chi connectivity index (χ3n) is 3.35. The zero-order valence-corrected chi connectivity index (χ0v) is 14.8. The van der Waals surface area contributed by atoms with E-state index in [4.69, 9.17) is 0 Å². The summed E-state index contributed by atoms with van der Waals surface area (Å²) in [6.07, 6.45) is 0.915. The largest absolute Gasteiger partial charge is 0.504 e. The molecular formula is C17H11F5O5S. The summed E-state index contributed by atoms with van der Waals surface area (Å²) >= 11 is 0. The number of hydrogen-bond donors (Lipinski definition) is 1. The van der Waals surface area contributed by atoms with Gasteiger partial charge in [0.2, 0.25) is 5.82 Å². The van der Waals surface area contributed by atoms with Crippen LogP contribution in [0.15, 0.2) is 23.6 Å². The number of hydrogen-bond acceptors (Lipinski definition) is 5. The van der Waals surface area contributed by atoms with Gasteiger partial charge in [0.15, 0.2) is 44.6 Å². The molecule has 0 bridgehead atoms. The Balaban J connectivity index is 2.30. The van der Waals surface area contributed by atoms with Crippen molar-refractivity contribution in [3.63, 3.8) is 0 Å². The van der Waals surface area contributed by atoms with E-state index in [0.717, 1.165) is 25.1 Å². The third kappa shape index (κ3) is 4.66. The Kier molecular flexibility index (Phi) is 6.07. The Bertz CT molecular complexity index is 1050. The fourth-order valence-corrected chi connectivity index (χ4v) is 3.20. The quantitative estimate of drug-likeness (QED) is 0.262. The smallest absolute Gasteiger partial charge is 0.308 e. The first-order valence-corrected chi connectivity index (χ1v) is 9.07. The average Bonchev–Trinajstić information content (AvgIpc) is 2.62. The van der Waals surface area contributed by atoms with Crippen LogP contribution in [0.1, 0.15) is 18.1 Å². The van der Waals surface area contributed by atoms with E-state index in [0.29, 0.717) is 5.41 Å². The fraction of sp³-hybridized carbons (Fsp3) is 0.118. The van der Waals surface area contributed by atoms with Crippen LogP contribution < -0.4 is 4.74 Å². The molecule has 0 aliphatic heterocycles. The molecule has 0 atom stereocenters. The van der Waals surface area contributed by atoms with Crippen molar-refractivity contribution in [3.8, 4) is 11.5 Å². The summed E-state index contributed by atoms with van der Waals surface area (Å²) in [4.78, 5) is 10.8. The van der Waals surface area contributed by atoms with E-state index in [9.17, 15) is 40.3 Å². The number of benzene rings is 2. The molecule has 2 aromatic rings. The van der Waals surface area contributed by atoms with E-state index in [1.54, 1.807) is 0 Å². The fourth-order valence-electron chi connectivity index (χ4n) is 2.09. The first-order valence-electron chi connectivity index (χ1n) is 7.35. The van der Waals surface area contributed by atoms with Crippen LogP contribution in [-0.4, -0.2) is 19.5 Å². The standard InChI is InChI=1S/C17H11F5O5S/c1-8(23)27-12-3-2-9(6-11(12)24)4-5-28(25,26)7-10-13(18)15(20)17(22)16(21)14(10)19/h2-6,24H,7H2,1H3/b5-4+. The van der Waals surface area contributed by atoms with Gasteiger partial charge in [-0.1, -0.05) is 6.07 Å². The topological polar surface area (TPSA) is 80.7 Å². The number of halogens is 5. The molecule has 0 saturated heterocycles. The van der Waals surface area contributed by atoms with Gasteiger partial charge in [-0.15, -0.1) is 0 Å². The van der Waals surface area contributed by atoms with Crippen LogP contribution in [-0.2, 0) is 20.4 Å². The van der Waals surface area contributed by atoms with Crippen molar-refractivity contribution in [2.24, 2.45) is 0 Å². The van der Waals surface area contributed by atoms with E-state index in [2.05, 4.69) is 4.74 Å². The predicted molar refractivity (Wildman–Crippen MR) is 87.3 cm³/mol. The Morgan fingerprint density at radius 1 is 1.04 bits per heavy atom. The molecular weight excluding hydrogens is 411 g/mol. The van der Waals surface area contributed by atoms with E-state index in [-0.39, 0.29) is 11.3 Å². The molecule has 1 N–H and O–H groups in total. The lowest BCUT2D eigenvalue weighted by Gasteiger charge is -2.07. The molecule has 0 aromatic heterocycles. The minimum Gasteiger partial charge on any atom is -0.504 e. The molecule has 28 heavy (non-hydrogen) atoms. The summed E-state index contributed by atoms with van der Waals surface area (Å²) in [5, 5.41) is 10.2. The lowest BCUT2D eigenvalue weighted by molar-refractivity contribution is -0.132. The zero-order chi connectivity index (χ0) is 21.2. The molecule has 0 radical (unpaired) electrons. The highest BCUT2D eigenvalue weighted by atomic mass is 32.2. The second-order valence-electron chi connectivity index (χ2n) is 5.48. The molecule has 2 aromatic carbocycles. The minimum absolute atomic E-state index is 0.0920. The Morgan fingerprint density at radius 3 is 2.07 bits per heavy atom. The van der Waals surface area contributed by atoms with Gasteiger partial charge < -0.3 is 9.84 Å². The summed E-state index contributed by atoms with van der Waals surface area (Å²) < 4.78 is 95.2. The van der Waals surface area contributed by atoms with Crippen LogP contribution >= 0.6 is 0 Å². The van der Waals surface area contributed by atoms with Gasteiger partial charge in [-0.05, 0) is 23.8 Å². The lowest BCUT2D eigenvalue weighted by atomic mass is 10.2. The summed E-state index contributed by atoms with van der Waals surface area (Å²) in [5.41, 5.74) is -1.40. The number of carbonyl (C=O) groups excluding carboxylic acids is 1. The molecule has 0 heterocycles. The number of aromatic hydroxyl groups is 1. The average molecular weight is 422 g/mol. The first kappa shape index (κ1) is 21.4. The SMILES string of the molecule is CC(=O)Oc1ccc(/C=C/S(=O)(=O)Cc2c(F)c(F)c(F)c(F)c2F)cc1O. The molecule has 0 fully saturated rings. The van der Waals surface area contributed by atoms with E-state index in [1.165, 1.54) is 6.07 Å². The van der Waals surface area contributed by atoms with Crippen LogP contribution in [0.25, 0.3) is 6.08 Å². The van der Waals surface area contributed by atoms with E-state index in [1.807, 2.05) is 0 Å². The first-order chi connectivity index (χ1) is 12.9. The Labute approximate surface area is 155 Å². The number of ether oxygens (including phenoxy) is 1. The van der Waals surface area contributed by atoms with Crippen LogP contribution in [0.2, 0.25) is 0 Å². The highest BCUT2D eigenvalue weighted by Crippen LogP contribution is 2.28. The molecule has 0 aliphatic carbocycles. The van der Waals surface area contributed by atoms with Crippen LogP contribution in [0.5, 0.6) is 11.5 Å². The molecule has 150 valence electrons. The minimum atomic E-state index is -4.45. The predicted octanol–water partition coefficient (Wildman–Crippen LogP) is 3.60. The molecule has 5 nitrogen and oxygen atoms in total. The lowest BCUT2D eigenvalue weighted by Crippen LogP contribution is -2.11. The van der Waals surface area contributed by atoms with Crippen molar-refractivity contribution in [1.29, 1.82) is 0 Å². The highest BCUT2D eigenvalue weighted by molar-refractivity contribution is 7.93. The summed E-state index contributed by atoms with van der Waals surface area (Å²) in [5.74, 6) is -14.2. The molecule has 0 saturated carbocycles. The Morgan fingerprint density at radius 2 is 1.57 bits per heavy atom. The summed E-state index contributed by atoms with van der Waals surface area (Å²) in [6, 6.07) is 3.44. The van der Waals surface area contributed by atoms with Crippen LogP contribution in [0, 0.1) is 29.1 Å². The van der Waals surface area contributed by atoms with E-state index >= 15 is 0 Å². The van der Waals surface area contributed by atoms with Gasteiger partial charge in [-0.3, -0.25) is 4.79 Å². The van der Waals surface area contributed by atoms with Gasteiger partial charge >= 0.3 is 5.97 Å². The second kappa shape index (κ2) is 7.97. The normalized spacial score (nSPS) is 11.8. The van der Waals surface area contributed by atoms with Gasteiger partial charge in [0.1, 0.15) is 0 Å². The number of esters is 1.